The standard InChI is InChI=1S/C18H18N2OS/c1-12-10-15-16(11-13(12)2)22-18(19-15)20-17(21)9-8-14-6-4-3-5-7-14/h3-7,10-11H,8-9H2,1-2H3,(H,19,20,21). The third-order valence-electron chi connectivity index (χ3n) is 3.73. The number of aryl methyl sites for hydroxylation is 3. The highest BCUT2D eigenvalue weighted by atomic mass is 32.1. The SMILES string of the molecule is Cc1cc2nc(NC(=O)CCc3ccccc3)sc2cc1C. The number of carbonyl (C=O) groups excluding carboxylic acids is 1. The minimum absolute atomic E-state index is 0.0105. The fourth-order valence-corrected chi connectivity index (χ4v) is 3.28. The van der Waals surface area contributed by atoms with E-state index < -0.39 is 0 Å². The molecule has 0 unspecified atom stereocenters. The van der Waals surface area contributed by atoms with E-state index in [1.165, 1.54) is 28.0 Å². The van der Waals surface area contributed by atoms with Crippen LogP contribution in [0.5, 0.6) is 0 Å². The van der Waals surface area contributed by atoms with Gasteiger partial charge in [0.05, 0.1) is 10.2 Å². The molecule has 0 radical (unpaired) electrons. The lowest BCUT2D eigenvalue weighted by molar-refractivity contribution is -0.116. The molecule has 0 bridgehead atoms. The van der Waals surface area contributed by atoms with E-state index in [0.717, 1.165) is 16.6 Å². The van der Waals surface area contributed by atoms with Crippen molar-refractivity contribution in [1.29, 1.82) is 0 Å². The maximum absolute atomic E-state index is 12.1. The summed E-state index contributed by atoms with van der Waals surface area (Å²) in [6, 6.07) is 14.2. The highest BCUT2D eigenvalue weighted by molar-refractivity contribution is 7.22. The molecule has 3 aromatic rings. The second-order valence-electron chi connectivity index (χ2n) is 5.46. The Bertz CT molecular complexity index is 770. The van der Waals surface area contributed by atoms with E-state index in [-0.39, 0.29) is 5.91 Å². The Labute approximate surface area is 134 Å². The number of nitrogens with zero attached hydrogens (tertiary/aromatic N) is 1. The lowest BCUT2D eigenvalue weighted by Crippen LogP contribution is -2.11. The van der Waals surface area contributed by atoms with Crippen molar-refractivity contribution in [3.63, 3.8) is 0 Å². The number of anilines is 1. The summed E-state index contributed by atoms with van der Waals surface area (Å²) < 4.78 is 1.11. The Hall–Kier alpha value is -2.20. The lowest BCUT2D eigenvalue weighted by atomic mass is 10.1. The maximum atomic E-state index is 12.1. The first-order chi connectivity index (χ1) is 10.6. The van der Waals surface area contributed by atoms with Crippen LogP contribution in [0.25, 0.3) is 10.2 Å². The zero-order valence-electron chi connectivity index (χ0n) is 12.7. The van der Waals surface area contributed by atoms with Crippen molar-refractivity contribution in [2.75, 3.05) is 5.32 Å². The van der Waals surface area contributed by atoms with Gasteiger partial charge in [-0.1, -0.05) is 41.7 Å². The molecule has 0 atom stereocenters. The molecule has 0 saturated carbocycles. The summed E-state index contributed by atoms with van der Waals surface area (Å²) >= 11 is 1.53. The van der Waals surface area contributed by atoms with Crippen molar-refractivity contribution in [2.24, 2.45) is 0 Å². The Morgan fingerprint density at radius 3 is 2.64 bits per heavy atom. The second-order valence-corrected chi connectivity index (χ2v) is 6.49. The molecule has 1 heterocycles. The summed E-state index contributed by atoms with van der Waals surface area (Å²) in [6.07, 6.45) is 1.22. The van der Waals surface area contributed by atoms with Gasteiger partial charge in [0.1, 0.15) is 0 Å². The van der Waals surface area contributed by atoms with Gasteiger partial charge < -0.3 is 5.32 Å². The van der Waals surface area contributed by atoms with Crippen LogP contribution in [0.1, 0.15) is 23.1 Å². The third-order valence-corrected chi connectivity index (χ3v) is 4.67. The molecule has 4 heteroatoms. The van der Waals surface area contributed by atoms with Crippen molar-refractivity contribution >= 4 is 32.6 Å². The highest BCUT2D eigenvalue weighted by Gasteiger charge is 2.09. The van der Waals surface area contributed by atoms with E-state index in [9.17, 15) is 4.79 Å². The number of nitrogens with one attached hydrogen (secondary N) is 1. The van der Waals surface area contributed by atoms with Crippen LogP contribution in [-0.2, 0) is 11.2 Å². The molecule has 1 N–H and O–H groups in total. The normalized spacial score (nSPS) is 10.8. The monoisotopic (exact) mass is 310 g/mol. The summed E-state index contributed by atoms with van der Waals surface area (Å²) in [5, 5.41) is 3.59. The number of thiazole rings is 1. The van der Waals surface area contributed by atoms with Crippen LogP contribution in [0.2, 0.25) is 0 Å². The van der Waals surface area contributed by atoms with Crippen LogP contribution in [-0.4, -0.2) is 10.9 Å². The van der Waals surface area contributed by atoms with Gasteiger partial charge in [-0.25, -0.2) is 4.98 Å². The summed E-state index contributed by atoms with van der Waals surface area (Å²) in [5.41, 5.74) is 4.59. The van der Waals surface area contributed by atoms with E-state index >= 15 is 0 Å². The largest absolute Gasteiger partial charge is 0.302 e. The number of aromatic nitrogens is 1. The van der Waals surface area contributed by atoms with Crippen molar-refractivity contribution in [2.45, 2.75) is 26.7 Å². The van der Waals surface area contributed by atoms with Crippen LogP contribution in [0, 0.1) is 13.8 Å². The predicted octanol–water partition coefficient (Wildman–Crippen LogP) is 4.48. The molecular formula is C18H18N2OS. The number of hydrogen-bond donors (Lipinski definition) is 1. The van der Waals surface area contributed by atoms with Gasteiger partial charge in [0.2, 0.25) is 5.91 Å². The minimum atomic E-state index is 0.0105. The van der Waals surface area contributed by atoms with E-state index in [1.54, 1.807) is 0 Å². The van der Waals surface area contributed by atoms with Crippen molar-refractivity contribution in [3.8, 4) is 0 Å². The van der Waals surface area contributed by atoms with Crippen LogP contribution in [0.3, 0.4) is 0 Å². The van der Waals surface area contributed by atoms with Gasteiger partial charge in [0.15, 0.2) is 5.13 Å². The first-order valence-electron chi connectivity index (χ1n) is 7.33. The van der Waals surface area contributed by atoms with Crippen molar-refractivity contribution in [3.05, 3.63) is 59.2 Å². The van der Waals surface area contributed by atoms with Gasteiger partial charge in [0, 0.05) is 6.42 Å². The Morgan fingerprint density at radius 2 is 1.86 bits per heavy atom. The first-order valence-corrected chi connectivity index (χ1v) is 8.15. The Kier molecular flexibility index (Phi) is 4.20. The third kappa shape index (κ3) is 3.34. The van der Waals surface area contributed by atoms with Crippen LogP contribution >= 0.6 is 11.3 Å². The number of benzene rings is 2. The fourth-order valence-electron chi connectivity index (χ4n) is 2.32. The summed E-state index contributed by atoms with van der Waals surface area (Å²) in [6.45, 7) is 4.17. The second kappa shape index (κ2) is 6.28. The summed E-state index contributed by atoms with van der Waals surface area (Å²) in [5.74, 6) is 0.0105. The molecule has 1 aromatic heterocycles. The topological polar surface area (TPSA) is 42.0 Å². The van der Waals surface area contributed by atoms with Crippen LogP contribution < -0.4 is 5.32 Å². The molecule has 0 saturated heterocycles. The molecule has 1 amide bonds. The number of carbonyl (C=O) groups is 1. The minimum Gasteiger partial charge on any atom is -0.302 e. The van der Waals surface area contributed by atoms with Gasteiger partial charge in [0.25, 0.3) is 0 Å². The first kappa shape index (κ1) is 14.7. The smallest absolute Gasteiger partial charge is 0.226 e. The average molecular weight is 310 g/mol. The van der Waals surface area contributed by atoms with E-state index in [1.807, 2.05) is 30.3 Å². The predicted molar refractivity (Wildman–Crippen MR) is 92.5 cm³/mol. The van der Waals surface area contributed by atoms with Crippen molar-refractivity contribution < 1.29 is 4.79 Å². The zero-order chi connectivity index (χ0) is 15.5. The molecule has 22 heavy (non-hydrogen) atoms. The molecule has 0 aliphatic carbocycles. The van der Waals surface area contributed by atoms with Gasteiger partial charge >= 0.3 is 0 Å². The van der Waals surface area contributed by atoms with Crippen LogP contribution in [0.4, 0.5) is 5.13 Å². The van der Waals surface area contributed by atoms with Crippen LogP contribution in [0.15, 0.2) is 42.5 Å². The molecule has 0 spiro atoms. The van der Waals surface area contributed by atoms with Gasteiger partial charge in [-0.3, -0.25) is 4.79 Å². The quantitative estimate of drug-likeness (QED) is 0.771. The molecule has 3 nitrogen and oxygen atoms in total. The van der Waals surface area contributed by atoms with Gasteiger partial charge in [-0.15, -0.1) is 0 Å². The number of hydrogen-bond acceptors (Lipinski definition) is 3. The number of fused-ring (bicyclic) bond motifs is 1. The van der Waals surface area contributed by atoms with Gasteiger partial charge in [-0.05, 0) is 49.1 Å². The number of amides is 1. The van der Waals surface area contributed by atoms with Gasteiger partial charge in [-0.2, -0.15) is 0 Å². The molecular weight excluding hydrogens is 292 g/mol. The molecule has 0 aliphatic heterocycles. The fraction of sp³-hybridized carbons (Fsp3) is 0.222. The average Bonchev–Trinajstić information content (AvgIpc) is 2.88. The summed E-state index contributed by atoms with van der Waals surface area (Å²) in [7, 11) is 0. The van der Waals surface area contributed by atoms with E-state index in [0.29, 0.717) is 11.6 Å². The molecule has 0 aliphatic rings. The summed E-state index contributed by atoms with van der Waals surface area (Å²) in [4.78, 5) is 16.5. The maximum Gasteiger partial charge on any atom is 0.226 e. The Morgan fingerprint density at radius 1 is 1.14 bits per heavy atom. The van der Waals surface area contributed by atoms with Crippen molar-refractivity contribution in [1.82, 2.24) is 4.98 Å². The number of rotatable bonds is 4. The zero-order valence-corrected chi connectivity index (χ0v) is 13.5. The lowest BCUT2D eigenvalue weighted by Gasteiger charge is -2.01. The Balaban J connectivity index is 1.66. The molecule has 112 valence electrons. The molecule has 3 rings (SSSR count). The molecule has 2 aromatic carbocycles. The van der Waals surface area contributed by atoms with E-state index in [4.69, 9.17) is 0 Å². The highest BCUT2D eigenvalue weighted by Crippen LogP contribution is 2.28. The van der Waals surface area contributed by atoms with E-state index in [2.05, 4.69) is 36.3 Å². The molecule has 0 fully saturated rings.